The van der Waals surface area contributed by atoms with Crippen molar-refractivity contribution >= 4 is 41.4 Å². The van der Waals surface area contributed by atoms with Gasteiger partial charge in [0, 0.05) is 50.5 Å². The fourth-order valence-corrected chi connectivity index (χ4v) is 7.08. The molecule has 68 heavy (non-hydrogen) atoms. The van der Waals surface area contributed by atoms with E-state index in [2.05, 4.69) is 71.8 Å². The lowest BCUT2D eigenvalue weighted by Gasteiger charge is -2.27. The molecule has 4 rings (SSSR count). The van der Waals surface area contributed by atoms with Crippen LogP contribution in [0.1, 0.15) is 80.6 Å². The number of hydrogen-bond donors (Lipinski definition) is 15. The number of carbonyl (C=O) groups is 7. The van der Waals surface area contributed by atoms with Crippen LogP contribution in [0.2, 0.25) is 0 Å². The number of aromatic amines is 4. The van der Waals surface area contributed by atoms with Crippen LogP contribution in [0.5, 0.6) is 0 Å². The summed E-state index contributed by atoms with van der Waals surface area (Å²) in [5.74, 6) is -5.82. The summed E-state index contributed by atoms with van der Waals surface area (Å²) in [7, 11) is 0. The second kappa shape index (κ2) is 28.9. The van der Waals surface area contributed by atoms with Crippen molar-refractivity contribution in [2.75, 3.05) is 19.6 Å². The van der Waals surface area contributed by atoms with Gasteiger partial charge < -0.3 is 79.9 Å². The van der Waals surface area contributed by atoms with Gasteiger partial charge in [0.1, 0.15) is 36.3 Å². The van der Waals surface area contributed by atoms with Gasteiger partial charge >= 0.3 is 5.97 Å². The summed E-state index contributed by atoms with van der Waals surface area (Å²) in [5.41, 5.74) is 24.6. The molecular weight excluding hydrogens is 885 g/mol. The lowest BCUT2D eigenvalue weighted by Crippen LogP contribution is -2.60. The van der Waals surface area contributed by atoms with E-state index in [4.69, 9.17) is 22.9 Å². The summed E-state index contributed by atoms with van der Waals surface area (Å²) in [6.07, 6.45) is 14.8. The quantitative estimate of drug-likeness (QED) is 0.0207. The Bertz CT molecular complexity index is 2120. The minimum Gasteiger partial charge on any atom is -0.480 e. The molecule has 0 aliphatic carbocycles. The lowest BCUT2D eigenvalue weighted by molar-refractivity contribution is -0.142. The normalized spacial score (nSPS) is 14.3. The number of unbranched alkanes of at least 4 members (excludes halogenated alkanes) is 3. The first-order chi connectivity index (χ1) is 32.8. The lowest BCUT2D eigenvalue weighted by atomic mass is 10.0. The molecule has 0 radical (unpaired) electrons. The second-order valence-electron chi connectivity index (χ2n) is 16.2. The Balaban J connectivity index is 1.58. The van der Waals surface area contributed by atoms with Crippen molar-refractivity contribution in [3.05, 3.63) is 72.9 Å². The van der Waals surface area contributed by atoms with Crippen LogP contribution in [-0.2, 0) is 59.2 Å². The topological polar surface area (TPSA) is 431 Å². The average molecular weight is 951 g/mol. The number of nitrogens with two attached hydrogens (primary N) is 4. The maximum Gasteiger partial charge on any atom is 0.326 e. The fraction of sp³-hybridized carbons (Fsp3) is 0.548. The van der Waals surface area contributed by atoms with E-state index in [0.717, 1.165) is 0 Å². The van der Waals surface area contributed by atoms with Gasteiger partial charge in [0.05, 0.1) is 54.1 Å². The SMILES string of the molecule is NCCCC[C@H](NC(=O)[C@H](CCCCN)NC(=O)[C@@H](N)CCCCN)C(=O)N[C@@H](Cc1c[nH]cn1)C(=O)N[C@@H](Cc1c[nH]cn1)C(=O)N[C@@H](Cc1c[nH]cn1)C(=O)N[C@@H](Cc1c[nH]cn1)C(=O)O. The van der Waals surface area contributed by atoms with Crippen molar-refractivity contribution in [1.82, 2.24) is 71.8 Å². The van der Waals surface area contributed by atoms with E-state index in [1.54, 1.807) is 0 Å². The van der Waals surface area contributed by atoms with Crippen LogP contribution >= 0.6 is 0 Å². The molecule has 19 N–H and O–H groups in total. The zero-order valence-electron chi connectivity index (χ0n) is 37.9. The summed E-state index contributed by atoms with van der Waals surface area (Å²) in [6, 6.07) is -8.78. The van der Waals surface area contributed by atoms with Crippen molar-refractivity contribution in [1.29, 1.82) is 0 Å². The molecule has 0 aromatic carbocycles. The molecule has 0 spiro atoms. The Labute approximate surface area is 392 Å². The molecule has 26 nitrogen and oxygen atoms in total. The van der Waals surface area contributed by atoms with E-state index < -0.39 is 83.7 Å². The fourth-order valence-electron chi connectivity index (χ4n) is 7.08. The molecule has 0 fully saturated rings. The van der Waals surface area contributed by atoms with E-state index in [1.807, 2.05) is 0 Å². The second-order valence-corrected chi connectivity index (χ2v) is 16.2. The molecule has 4 aromatic rings. The largest absolute Gasteiger partial charge is 0.480 e. The Morgan fingerprint density at radius 3 is 1.01 bits per heavy atom. The highest BCUT2D eigenvalue weighted by molar-refractivity contribution is 5.97. The van der Waals surface area contributed by atoms with Gasteiger partial charge in [-0.3, -0.25) is 28.8 Å². The van der Waals surface area contributed by atoms with Crippen molar-refractivity contribution in [2.24, 2.45) is 22.9 Å². The molecule has 4 heterocycles. The van der Waals surface area contributed by atoms with E-state index in [-0.39, 0.29) is 38.5 Å². The van der Waals surface area contributed by atoms with Crippen molar-refractivity contribution in [3.8, 4) is 0 Å². The first kappa shape index (κ1) is 53.6. The number of rotatable bonds is 33. The van der Waals surface area contributed by atoms with Crippen LogP contribution in [0.3, 0.4) is 0 Å². The standard InChI is InChI=1S/C42H66N18O8/c43-10-4-1-7-29(46)36(61)55-30(8-2-5-11-44)37(62)56-31(9-3-6-12-45)38(63)57-32(13-25-17-47-21-51-25)39(64)58-33(14-26-18-48-22-52-26)40(65)59-34(15-27-19-49-23-53-27)41(66)60-35(42(67)68)16-28-20-50-24-54-28/h17-24,29-35H,1-16,43-46H2,(H,47,51)(H,48,52)(H,49,53)(H,50,54)(H,55,61)(H,56,62)(H,57,63)(H,58,64)(H,59,65)(H,60,66)(H,67,68)/t29-,30-,31-,32-,33-,34-,35-/m0/s1. The third-order valence-electron chi connectivity index (χ3n) is 10.9. The van der Waals surface area contributed by atoms with Gasteiger partial charge in [-0.15, -0.1) is 0 Å². The van der Waals surface area contributed by atoms with Crippen LogP contribution in [0.4, 0.5) is 0 Å². The smallest absolute Gasteiger partial charge is 0.326 e. The molecule has 0 saturated heterocycles. The number of nitrogens with one attached hydrogen (secondary N) is 10. The number of amides is 6. The first-order valence-electron chi connectivity index (χ1n) is 22.6. The highest BCUT2D eigenvalue weighted by atomic mass is 16.4. The Morgan fingerprint density at radius 1 is 0.426 bits per heavy atom. The minimum atomic E-state index is -1.42. The third-order valence-corrected chi connectivity index (χ3v) is 10.9. The molecule has 0 saturated carbocycles. The van der Waals surface area contributed by atoms with Gasteiger partial charge in [-0.2, -0.15) is 0 Å². The number of nitrogens with zero attached hydrogens (tertiary/aromatic N) is 4. The van der Waals surface area contributed by atoms with Gasteiger partial charge in [-0.25, -0.2) is 24.7 Å². The summed E-state index contributed by atoms with van der Waals surface area (Å²) in [6.45, 7) is 1.11. The Kier molecular flexibility index (Phi) is 22.8. The van der Waals surface area contributed by atoms with Crippen molar-refractivity contribution in [3.63, 3.8) is 0 Å². The molecule has 0 bridgehead atoms. The van der Waals surface area contributed by atoms with Gasteiger partial charge in [0.25, 0.3) is 0 Å². The molecule has 0 aliphatic rings. The van der Waals surface area contributed by atoms with E-state index in [1.165, 1.54) is 50.1 Å². The summed E-state index contributed by atoms with van der Waals surface area (Å²) in [5, 5.41) is 26.0. The molecule has 372 valence electrons. The monoisotopic (exact) mass is 951 g/mol. The van der Waals surface area contributed by atoms with Gasteiger partial charge in [0.2, 0.25) is 35.4 Å². The third kappa shape index (κ3) is 18.3. The molecule has 4 aromatic heterocycles. The van der Waals surface area contributed by atoms with E-state index in [9.17, 15) is 38.7 Å². The van der Waals surface area contributed by atoms with E-state index >= 15 is 0 Å². The number of carbonyl (C=O) groups excluding carboxylic acids is 6. The maximum atomic E-state index is 14.4. The first-order valence-corrected chi connectivity index (χ1v) is 22.6. The highest BCUT2D eigenvalue weighted by Gasteiger charge is 2.35. The number of H-pyrrole nitrogens is 4. The molecule has 0 unspecified atom stereocenters. The molecule has 26 heteroatoms. The van der Waals surface area contributed by atoms with Gasteiger partial charge in [-0.05, 0) is 71.0 Å². The number of imidazole rings is 4. The summed E-state index contributed by atoms with van der Waals surface area (Å²) in [4.78, 5) is 124. The van der Waals surface area contributed by atoms with Crippen LogP contribution in [0.15, 0.2) is 50.1 Å². The number of carboxylic acids is 1. The highest BCUT2D eigenvalue weighted by Crippen LogP contribution is 2.11. The summed E-state index contributed by atoms with van der Waals surface area (Å²) < 4.78 is 0. The maximum absolute atomic E-state index is 14.4. The van der Waals surface area contributed by atoms with Crippen LogP contribution in [-0.4, -0.2) is 148 Å². The van der Waals surface area contributed by atoms with E-state index in [0.29, 0.717) is 87.4 Å². The zero-order chi connectivity index (χ0) is 49.3. The molecule has 7 atom stereocenters. The zero-order valence-corrected chi connectivity index (χ0v) is 37.9. The molecule has 6 amide bonds. The minimum absolute atomic E-state index is 0.113. The molecule has 0 aliphatic heterocycles. The predicted octanol–water partition coefficient (Wildman–Crippen LogP) is -3.44. The Hall–Kier alpha value is -7.03. The summed E-state index contributed by atoms with van der Waals surface area (Å²) >= 11 is 0. The van der Waals surface area contributed by atoms with Crippen molar-refractivity contribution < 1.29 is 38.7 Å². The number of carboxylic acid groups (broad SMARTS) is 1. The van der Waals surface area contributed by atoms with Crippen LogP contribution < -0.4 is 54.8 Å². The Morgan fingerprint density at radius 2 is 0.706 bits per heavy atom. The van der Waals surface area contributed by atoms with Crippen LogP contribution in [0.25, 0.3) is 0 Å². The predicted molar refractivity (Wildman–Crippen MR) is 245 cm³/mol. The van der Waals surface area contributed by atoms with Crippen LogP contribution in [0, 0.1) is 0 Å². The number of aliphatic carboxylic acids is 1. The van der Waals surface area contributed by atoms with Crippen molar-refractivity contribution in [2.45, 2.75) is 126 Å². The van der Waals surface area contributed by atoms with Gasteiger partial charge in [0.15, 0.2) is 0 Å². The number of aromatic nitrogens is 8. The number of hydrogen-bond acceptors (Lipinski definition) is 15. The van der Waals surface area contributed by atoms with Gasteiger partial charge in [-0.1, -0.05) is 6.42 Å². The molecular formula is C42H66N18O8. The average Bonchev–Trinajstić information content (AvgIpc) is 4.18.